The molecule has 2 aromatic rings. The molecular weight excluding hydrogens is 355 g/mol. The first-order valence-electron chi connectivity index (χ1n) is 6.50. The fourth-order valence-electron chi connectivity index (χ4n) is 2.04. The summed E-state index contributed by atoms with van der Waals surface area (Å²) >= 11 is 11.9. The minimum atomic E-state index is -0.740. The number of aromatic hydroxyl groups is 1. The molecule has 8 heteroatoms. The zero-order chi connectivity index (χ0) is 17.9. The molecule has 1 N–H and O–H groups in total. The molecular formula is C16H10Cl2N2O4. The highest BCUT2D eigenvalue weighted by Gasteiger charge is 2.19. The Morgan fingerprint density at radius 2 is 2.08 bits per heavy atom. The molecule has 0 aliphatic heterocycles. The molecule has 0 bridgehead atoms. The number of rotatable bonds is 4. The van der Waals surface area contributed by atoms with Crippen LogP contribution in [0.1, 0.15) is 11.1 Å². The number of halogens is 2. The Kier molecular flexibility index (Phi) is 5.29. The minimum absolute atomic E-state index is 0.0741. The number of methoxy groups -OCH3 is 1. The lowest BCUT2D eigenvalue weighted by molar-refractivity contribution is -0.386. The van der Waals surface area contributed by atoms with Gasteiger partial charge >= 0.3 is 5.69 Å². The van der Waals surface area contributed by atoms with Crippen LogP contribution in [0, 0.1) is 21.4 Å². The van der Waals surface area contributed by atoms with Gasteiger partial charge in [0.15, 0.2) is 5.75 Å². The molecule has 0 saturated carbocycles. The lowest BCUT2D eigenvalue weighted by atomic mass is 10.0. The van der Waals surface area contributed by atoms with Gasteiger partial charge in [0.1, 0.15) is 0 Å². The van der Waals surface area contributed by atoms with Gasteiger partial charge in [-0.1, -0.05) is 29.3 Å². The van der Waals surface area contributed by atoms with E-state index >= 15 is 0 Å². The molecule has 0 spiro atoms. The first-order valence-corrected chi connectivity index (χ1v) is 7.25. The number of nitro benzene ring substituents is 1. The van der Waals surface area contributed by atoms with Crippen LogP contribution in [0.15, 0.2) is 30.3 Å². The van der Waals surface area contributed by atoms with Gasteiger partial charge in [-0.05, 0) is 29.8 Å². The maximum absolute atomic E-state index is 11.0. The van der Waals surface area contributed by atoms with Crippen molar-refractivity contribution in [3.63, 3.8) is 0 Å². The molecule has 0 atom stereocenters. The molecule has 0 aliphatic carbocycles. The van der Waals surface area contributed by atoms with Crippen molar-refractivity contribution >= 4 is 40.5 Å². The van der Waals surface area contributed by atoms with E-state index in [9.17, 15) is 20.5 Å². The SMILES string of the molecule is COc1cc(/C=C(\C#N)c2ccc(Cl)cc2Cl)cc([N+](=O)[O-])c1O. The van der Waals surface area contributed by atoms with Crippen LogP contribution in [-0.4, -0.2) is 17.1 Å². The Bertz CT molecular complexity index is 888. The van der Waals surface area contributed by atoms with Gasteiger partial charge in [-0.25, -0.2) is 0 Å². The van der Waals surface area contributed by atoms with E-state index in [0.717, 1.165) is 6.07 Å². The third-order valence-corrected chi connectivity index (χ3v) is 3.69. The number of phenols is 1. The molecule has 0 unspecified atom stereocenters. The van der Waals surface area contributed by atoms with Crippen molar-refractivity contribution in [3.8, 4) is 17.6 Å². The maximum Gasteiger partial charge on any atom is 0.315 e. The Morgan fingerprint density at radius 1 is 1.38 bits per heavy atom. The third kappa shape index (κ3) is 3.59. The number of phenolic OH excluding ortho intramolecular Hbond substituents is 1. The Labute approximate surface area is 147 Å². The topological polar surface area (TPSA) is 96.4 Å². The summed E-state index contributed by atoms with van der Waals surface area (Å²) in [6.45, 7) is 0. The molecule has 2 aromatic carbocycles. The highest BCUT2D eigenvalue weighted by molar-refractivity contribution is 6.36. The summed E-state index contributed by atoms with van der Waals surface area (Å²) in [5.74, 6) is -0.655. The number of nitrogens with zero attached hydrogens (tertiary/aromatic N) is 2. The van der Waals surface area contributed by atoms with E-state index in [2.05, 4.69) is 0 Å². The van der Waals surface area contributed by atoms with Gasteiger partial charge in [0.2, 0.25) is 5.75 Å². The first-order chi connectivity index (χ1) is 11.4. The van der Waals surface area contributed by atoms with Crippen LogP contribution in [0.2, 0.25) is 10.0 Å². The largest absolute Gasteiger partial charge is 0.500 e. The van der Waals surface area contributed by atoms with Gasteiger partial charge in [0.25, 0.3) is 0 Å². The third-order valence-electron chi connectivity index (χ3n) is 3.15. The molecule has 122 valence electrons. The zero-order valence-electron chi connectivity index (χ0n) is 12.3. The molecule has 0 aliphatic rings. The van der Waals surface area contributed by atoms with Crippen molar-refractivity contribution in [2.24, 2.45) is 0 Å². The highest BCUT2D eigenvalue weighted by atomic mass is 35.5. The average molecular weight is 365 g/mol. The summed E-state index contributed by atoms with van der Waals surface area (Å²) in [5, 5.41) is 30.9. The molecule has 2 rings (SSSR count). The normalized spacial score (nSPS) is 11.0. The standard InChI is InChI=1S/C16H10Cl2N2O4/c1-24-15-6-9(5-14(16(15)21)20(22)23)4-10(8-19)12-3-2-11(17)7-13(12)18/h2-7,21H,1H3/b10-4+. The number of hydrogen-bond donors (Lipinski definition) is 1. The van der Waals surface area contributed by atoms with Gasteiger partial charge in [0.05, 0.1) is 28.7 Å². The van der Waals surface area contributed by atoms with Gasteiger partial charge < -0.3 is 9.84 Å². The Morgan fingerprint density at radius 3 is 2.62 bits per heavy atom. The summed E-state index contributed by atoms with van der Waals surface area (Å²) in [6.07, 6.45) is 1.41. The molecule has 0 aromatic heterocycles. The fraction of sp³-hybridized carbons (Fsp3) is 0.0625. The number of ether oxygens (including phenoxy) is 1. The molecule has 0 amide bonds. The summed E-state index contributed by atoms with van der Waals surface area (Å²) in [6, 6.07) is 9.15. The Balaban J connectivity index is 2.62. The molecule has 24 heavy (non-hydrogen) atoms. The minimum Gasteiger partial charge on any atom is -0.500 e. The quantitative estimate of drug-likeness (QED) is 0.367. The van der Waals surface area contributed by atoms with Crippen LogP contribution in [0.5, 0.6) is 11.5 Å². The van der Waals surface area contributed by atoms with Crippen molar-refractivity contribution in [2.45, 2.75) is 0 Å². The van der Waals surface area contributed by atoms with Crippen LogP contribution < -0.4 is 4.74 Å². The fourth-order valence-corrected chi connectivity index (χ4v) is 2.55. The van der Waals surface area contributed by atoms with Gasteiger partial charge in [-0.2, -0.15) is 5.26 Å². The zero-order valence-corrected chi connectivity index (χ0v) is 13.8. The summed E-state index contributed by atoms with van der Waals surface area (Å²) < 4.78 is 4.93. The van der Waals surface area contributed by atoms with E-state index in [1.165, 1.54) is 25.3 Å². The lowest BCUT2D eigenvalue weighted by Gasteiger charge is -2.07. The van der Waals surface area contributed by atoms with E-state index < -0.39 is 16.4 Å². The smallest absolute Gasteiger partial charge is 0.315 e. The summed E-state index contributed by atoms with van der Waals surface area (Å²) in [7, 11) is 1.27. The Hall–Kier alpha value is -2.75. The van der Waals surface area contributed by atoms with Crippen molar-refractivity contribution in [1.82, 2.24) is 0 Å². The number of nitro groups is 1. The van der Waals surface area contributed by atoms with Gasteiger partial charge in [0, 0.05) is 16.7 Å². The predicted octanol–water partition coefficient (Wildman–Crippen LogP) is 4.68. The molecule has 6 nitrogen and oxygen atoms in total. The van der Waals surface area contributed by atoms with Crippen LogP contribution in [-0.2, 0) is 0 Å². The molecule has 0 heterocycles. The molecule has 0 fully saturated rings. The average Bonchev–Trinajstić information content (AvgIpc) is 2.54. The van der Waals surface area contributed by atoms with Crippen LogP contribution in [0.4, 0.5) is 5.69 Å². The van der Waals surface area contributed by atoms with Crippen LogP contribution >= 0.6 is 23.2 Å². The van der Waals surface area contributed by atoms with Crippen molar-refractivity contribution in [2.75, 3.05) is 7.11 Å². The van der Waals surface area contributed by atoms with Crippen LogP contribution in [0.3, 0.4) is 0 Å². The van der Waals surface area contributed by atoms with E-state index in [-0.39, 0.29) is 16.3 Å². The first kappa shape index (κ1) is 17.6. The van der Waals surface area contributed by atoms with Gasteiger partial charge in [-0.3, -0.25) is 10.1 Å². The molecule has 0 saturated heterocycles. The number of allylic oxidation sites excluding steroid dienone is 1. The summed E-state index contributed by atoms with van der Waals surface area (Å²) in [5.41, 5.74) is 0.385. The van der Waals surface area contributed by atoms with Crippen molar-refractivity contribution in [3.05, 3.63) is 61.6 Å². The second-order valence-electron chi connectivity index (χ2n) is 4.64. The highest BCUT2D eigenvalue weighted by Crippen LogP contribution is 2.38. The van der Waals surface area contributed by atoms with E-state index in [1.807, 2.05) is 6.07 Å². The second kappa shape index (κ2) is 7.21. The number of hydrogen-bond acceptors (Lipinski definition) is 5. The molecule has 0 radical (unpaired) electrons. The van der Waals surface area contributed by atoms with E-state index in [0.29, 0.717) is 16.1 Å². The lowest BCUT2D eigenvalue weighted by Crippen LogP contribution is -1.93. The number of benzene rings is 2. The monoisotopic (exact) mass is 364 g/mol. The van der Waals surface area contributed by atoms with Crippen molar-refractivity contribution < 1.29 is 14.8 Å². The van der Waals surface area contributed by atoms with E-state index in [1.54, 1.807) is 12.1 Å². The predicted molar refractivity (Wildman–Crippen MR) is 91.3 cm³/mol. The van der Waals surface area contributed by atoms with Crippen LogP contribution in [0.25, 0.3) is 11.6 Å². The number of nitriles is 1. The van der Waals surface area contributed by atoms with Gasteiger partial charge in [-0.15, -0.1) is 0 Å². The van der Waals surface area contributed by atoms with E-state index in [4.69, 9.17) is 27.9 Å². The maximum atomic E-state index is 11.0. The second-order valence-corrected chi connectivity index (χ2v) is 5.49. The summed E-state index contributed by atoms with van der Waals surface area (Å²) in [4.78, 5) is 10.3. The van der Waals surface area contributed by atoms with Crippen molar-refractivity contribution in [1.29, 1.82) is 5.26 Å².